The van der Waals surface area contributed by atoms with E-state index in [1.165, 1.54) is 10.5 Å². The van der Waals surface area contributed by atoms with Crippen molar-refractivity contribution in [2.75, 3.05) is 19.0 Å². The first kappa shape index (κ1) is 22.6. The summed E-state index contributed by atoms with van der Waals surface area (Å²) < 4.78 is 65.4. The molecule has 2 aliphatic rings. The Morgan fingerprint density at radius 1 is 1.09 bits per heavy atom. The number of nitrogens with one attached hydrogen (secondary N) is 1. The maximum Gasteiger partial charge on any atom is 0.393 e. The number of H-pyrrole nitrogens is 1. The Morgan fingerprint density at radius 3 is 2.64 bits per heavy atom. The Labute approximate surface area is 190 Å². The molecule has 0 bridgehead atoms. The molecule has 1 saturated heterocycles. The van der Waals surface area contributed by atoms with Crippen LogP contribution in [0.25, 0.3) is 21.9 Å². The van der Waals surface area contributed by atoms with Crippen LogP contribution >= 0.6 is 0 Å². The van der Waals surface area contributed by atoms with Crippen molar-refractivity contribution in [2.45, 2.75) is 55.9 Å². The van der Waals surface area contributed by atoms with Gasteiger partial charge >= 0.3 is 6.18 Å². The van der Waals surface area contributed by atoms with Crippen LogP contribution in [-0.4, -0.2) is 58.7 Å². The Morgan fingerprint density at radius 2 is 1.88 bits per heavy atom. The van der Waals surface area contributed by atoms with Gasteiger partial charge in [-0.05, 0) is 68.7 Å². The van der Waals surface area contributed by atoms with Gasteiger partial charge in [-0.2, -0.15) is 13.2 Å². The summed E-state index contributed by atoms with van der Waals surface area (Å²) in [4.78, 5) is 13.4. The average molecular weight is 481 g/mol. The van der Waals surface area contributed by atoms with Gasteiger partial charge in [0.1, 0.15) is 5.88 Å². The molecule has 0 radical (unpaired) electrons. The highest BCUT2D eigenvalue weighted by molar-refractivity contribution is 7.91. The summed E-state index contributed by atoms with van der Waals surface area (Å²) in [6, 6.07) is 4.00. The first-order chi connectivity index (χ1) is 15.7. The number of hydrogen-bond donors (Lipinski definition) is 1. The SMILES string of the molecule is O=S(=O)(CN1CCCC(C(F)(F)F)C1)C1CCC(c2cc[nH]c3cnc4nccc4c23)CC1. The molecule has 0 aromatic carbocycles. The molecular formula is C23H27F3N4O2S. The zero-order valence-corrected chi connectivity index (χ0v) is 19.0. The van der Waals surface area contributed by atoms with Gasteiger partial charge in [-0.3, -0.25) is 4.90 Å². The van der Waals surface area contributed by atoms with Gasteiger partial charge in [0.15, 0.2) is 15.5 Å². The number of nitrogens with zero attached hydrogens (tertiary/aromatic N) is 3. The molecule has 10 heteroatoms. The second kappa shape index (κ2) is 8.54. The molecule has 1 N–H and O–H groups in total. The van der Waals surface area contributed by atoms with Crippen molar-refractivity contribution in [1.82, 2.24) is 19.9 Å². The molecule has 1 aliphatic heterocycles. The van der Waals surface area contributed by atoms with E-state index >= 15 is 0 Å². The van der Waals surface area contributed by atoms with E-state index in [2.05, 4.69) is 21.0 Å². The van der Waals surface area contributed by atoms with E-state index in [9.17, 15) is 21.6 Å². The fraction of sp³-hybridized carbons (Fsp3) is 0.565. The van der Waals surface area contributed by atoms with Crippen LogP contribution in [0.15, 0.2) is 30.7 Å². The molecule has 6 nitrogen and oxygen atoms in total. The monoisotopic (exact) mass is 480 g/mol. The number of halogens is 3. The van der Waals surface area contributed by atoms with Crippen LogP contribution in [0, 0.1) is 5.92 Å². The summed E-state index contributed by atoms with van der Waals surface area (Å²) in [6.45, 7) is 0.188. The third-order valence-corrected chi connectivity index (χ3v) is 9.49. The van der Waals surface area contributed by atoms with Gasteiger partial charge in [-0.1, -0.05) is 0 Å². The number of piperidine rings is 1. The average Bonchev–Trinajstić information content (AvgIpc) is 3.27. The predicted octanol–water partition coefficient (Wildman–Crippen LogP) is 4.78. The number of aromatic amines is 1. The summed E-state index contributed by atoms with van der Waals surface area (Å²) in [5.41, 5.74) is 2.79. The molecule has 3 aromatic heterocycles. The number of pyridine rings is 2. The number of fused-ring (bicyclic) bond motifs is 3. The molecule has 5 rings (SSSR count). The predicted molar refractivity (Wildman–Crippen MR) is 121 cm³/mol. The summed E-state index contributed by atoms with van der Waals surface area (Å²) >= 11 is 0. The van der Waals surface area contributed by atoms with E-state index in [4.69, 9.17) is 0 Å². The Bertz CT molecular complexity index is 1250. The molecular weight excluding hydrogens is 453 g/mol. The lowest BCUT2D eigenvalue weighted by Crippen LogP contribution is -2.45. The van der Waals surface area contributed by atoms with E-state index in [1.54, 1.807) is 12.4 Å². The van der Waals surface area contributed by atoms with Gasteiger partial charge in [0.2, 0.25) is 0 Å². The number of hydrogen-bond acceptors (Lipinski definition) is 5. The molecule has 4 heterocycles. The van der Waals surface area contributed by atoms with Crippen molar-refractivity contribution in [3.8, 4) is 0 Å². The van der Waals surface area contributed by atoms with Gasteiger partial charge in [0.25, 0.3) is 0 Å². The molecule has 0 spiro atoms. The maximum atomic E-state index is 13.1. The molecule has 1 unspecified atom stereocenters. The second-order valence-corrected chi connectivity index (χ2v) is 11.6. The minimum absolute atomic E-state index is 0.0787. The lowest BCUT2D eigenvalue weighted by molar-refractivity contribution is -0.185. The van der Waals surface area contributed by atoms with E-state index < -0.39 is 27.2 Å². The van der Waals surface area contributed by atoms with Crippen LogP contribution in [0.4, 0.5) is 13.2 Å². The van der Waals surface area contributed by atoms with Gasteiger partial charge in [-0.15, -0.1) is 0 Å². The number of likely N-dealkylation sites (tertiary alicyclic amines) is 1. The number of rotatable bonds is 4. The molecule has 3 aromatic rings. The van der Waals surface area contributed by atoms with E-state index in [-0.39, 0.29) is 24.8 Å². The minimum atomic E-state index is -4.27. The van der Waals surface area contributed by atoms with Crippen molar-refractivity contribution in [2.24, 2.45) is 5.92 Å². The molecule has 2 fully saturated rings. The van der Waals surface area contributed by atoms with Crippen molar-refractivity contribution in [3.05, 3.63) is 36.3 Å². The highest BCUT2D eigenvalue weighted by atomic mass is 32.2. The van der Waals surface area contributed by atoms with Crippen LogP contribution in [-0.2, 0) is 9.84 Å². The second-order valence-electron chi connectivity index (χ2n) is 9.39. The lowest BCUT2D eigenvalue weighted by atomic mass is 9.82. The standard InChI is InChI=1S/C23H27F3N4O2S/c24-23(25,26)16-2-1-11-30(13-16)14-33(31,32)17-5-3-15(4-6-17)18-7-9-27-20-12-29-22-19(21(18)20)8-10-28-22/h7-10,12,15-17,27H,1-6,11,13-14H2. The first-order valence-corrected chi connectivity index (χ1v) is 13.2. The Balaban J connectivity index is 1.29. The van der Waals surface area contributed by atoms with E-state index in [0.29, 0.717) is 31.5 Å². The van der Waals surface area contributed by atoms with E-state index in [1.807, 2.05) is 12.3 Å². The quantitative estimate of drug-likeness (QED) is 0.581. The molecule has 1 atom stereocenters. The third kappa shape index (κ3) is 4.47. The largest absolute Gasteiger partial charge is 0.393 e. The molecule has 1 aliphatic carbocycles. The Kier molecular flexibility index (Phi) is 5.84. The van der Waals surface area contributed by atoms with Gasteiger partial charge in [-0.25, -0.2) is 18.4 Å². The fourth-order valence-corrected chi connectivity index (χ4v) is 7.50. The summed E-state index contributed by atoms with van der Waals surface area (Å²) in [7, 11) is -3.49. The molecule has 0 amide bonds. The summed E-state index contributed by atoms with van der Waals surface area (Å²) in [5.74, 6) is -1.49. The minimum Gasteiger partial charge on any atom is -0.360 e. The van der Waals surface area contributed by atoms with Crippen LogP contribution in [0.2, 0.25) is 0 Å². The van der Waals surface area contributed by atoms with Gasteiger partial charge in [0, 0.05) is 29.7 Å². The highest BCUT2D eigenvalue weighted by Crippen LogP contribution is 2.40. The van der Waals surface area contributed by atoms with Crippen molar-refractivity contribution in [1.29, 1.82) is 0 Å². The van der Waals surface area contributed by atoms with Crippen molar-refractivity contribution >= 4 is 31.8 Å². The zero-order valence-electron chi connectivity index (χ0n) is 18.2. The van der Waals surface area contributed by atoms with Crippen LogP contribution in [0.5, 0.6) is 0 Å². The number of sulfone groups is 1. The van der Waals surface area contributed by atoms with Crippen molar-refractivity contribution in [3.63, 3.8) is 0 Å². The third-order valence-electron chi connectivity index (χ3n) is 7.28. The van der Waals surface area contributed by atoms with Gasteiger partial charge < -0.3 is 4.98 Å². The zero-order chi connectivity index (χ0) is 23.2. The maximum absolute atomic E-state index is 13.1. The fourth-order valence-electron chi connectivity index (χ4n) is 5.56. The van der Waals surface area contributed by atoms with Crippen molar-refractivity contribution < 1.29 is 21.6 Å². The normalized spacial score (nSPS) is 25.6. The lowest BCUT2D eigenvalue weighted by Gasteiger charge is -2.35. The summed E-state index contributed by atoms with van der Waals surface area (Å²) in [6.07, 6.45) is 4.09. The topological polar surface area (TPSA) is 79.0 Å². The number of alkyl halides is 3. The van der Waals surface area contributed by atoms with Crippen LogP contribution in [0.1, 0.15) is 50.0 Å². The molecule has 33 heavy (non-hydrogen) atoms. The van der Waals surface area contributed by atoms with E-state index in [0.717, 1.165) is 29.1 Å². The Hall–Kier alpha value is -2.20. The summed E-state index contributed by atoms with van der Waals surface area (Å²) in [5, 5.41) is 1.57. The van der Waals surface area contributed by atoms with Crippen LogP contribution in [0.3, 0.4) is 0 Å². The van der Waals surface area contributed by atoms with Gasteiger partial charge in [0.05, 0.1) is 22.9 Å². The smallest absolute Gasteiger partial charge is 0.360 e. The molecule has 178 valence electrons. The first-order valence-electron chi connectivity index (χ1n) is 11.4. The molecule has 1 saturated carbocycles. The number of aromatic nitrogens is 3. The highest BCUT2D eigenvalue weighted by Gasteiger charge is 2.43. The van der Waals surface area contributed by atoms with Crippen LogP contribution < -0.4 is 0 Å².